The van der Waals surface area contributed by atoms with Crippen LogP contribution in [0.2, 0.25) is 0 Å². The van der Waals surface area contributed by atoms with Crippen molar-refractivity contribution < 1.29 is 14.9 Å². The van der Waals surface area contributed by atoms with Crippen molar-refractivity contribution in [2.45, 2.75) is 32.8 Å². The highest BCUT2D eigenvalue weighted by molar-refractivity contribution is 5.52. The second kappa shape index (κ2) is 3.74. The number of aromatic hydroxyl groups is 1. The number of ether oxygens (including phenoxy) is 1. The first-order chi connectivity index (χ1) is 7.13. The zero-order chi connectivity index (χ0) is 11.0. The molecule has 1 heterocycles. The predicted molar refractivity (Wildman–Crippen MR) is 57.4 cm³/mol. The van der Waals surface area contributed by atoms with Crippen LogP contribution in [0.3, 0.4) is 0 Å². The van der Waals surface area contributed by atoms with Gasteiger partial charge in [0.1, 0.15) is 17.6 Å². The van der Waals surface area contributed by atoms with Crippen LogP contribution in [0.4, 0.5) is 0 Å². The van der Waals surface area contributed by atoms with Gasteiger partial charge >= 0.3 is 0 Å². The predicted octanol–water partition coefficient (Wildman–Crippen LogP) is 1.69. The number of phenols is 1. The second-order valence-electron chi connectivity index (χ2n) is 4.10. The number of phenolic OH excluding ortho intramolecular Hbond substituents is 1. The van der Waals surface area contributed by atoms with Crippen molar-refractivity contribution in [2.75, 3.05) is 6.61 Å². The van der Waals surface area contributed by atoms with Crippen molar-refractivity contribution >= 4 is 0 Å². The molecule has 3 nitrogen and oxygen atoms in total. The highest BCUT2D eigenvalue weighted by Crippen LogP contribution is 2.37. The fraction of sp³-hybridized carbons (Fsp3) is 0.500. The number of aliphatic hydroxyl groups excluding tert-OH is 1. The number of hydrogen-bond donors (Lipinski definition) is 2. The maximum absolute atomic E-state index is 9.67. The average Bonchev–Trinajstić information content (AvgIpc) is 2.26. The molecule has 15 heavy (non-hydrogen) atoms. The number of hydrogen-bond acceptors (Lipinski definition) is 3. The van der Waals surface area contributed by atoms with Crippen molar-refractivity contribution in [2.24, 2.45) is 0 Å². The number of aryl methyl sites for hydroxylation is 1. The highest BCUT2D eigenvalue weighted by Gasteiger charge is 2.22. The van der Waals surface area contributed by atoms with Crippen LogP contribution in [0.5, 0.6) is 11.5 Å². The molecule has 0 spiro atoms. The molecule has 0 amide bonds. The molecule has 1 aliphatic heterocycles. The second-order valence-corrected chi connectivity index (χ2v) is 4.10. The number of aliphatic hydroxyl groups is 1. The van der Waals surface area contributed by atoms with Crippen LogP contribution in [-0.2, 0) is 6.42 Å². The largest absolute Gasteiger partial charge is 0.508 e. The van der Waals surface area contributed by atoms with Gasteiger partial charge in [-0.3, -0.25) is 0 Å². The lowest BCUT2D eigenvalue weighted by atomic mass is 9.96. The smallest absolute Gasteiger partial charge is 0.126 e. The van der Waals surface area contributed by atoms with Gasteiger partial charge in [-0.2, -0.15) is 0 Å². The minimum atomic E-state index is -0.0971. The summed E-state index contributed by atoms with van der Waals surface area (Å²) in [6.07, 6.45) is 1.57. The van der Waals surface area contributed by atoms with Gasteiger partial charge in [-0.1, -0.05) is 0 Å². The van der Waals surface area contributed by atoms with Crippen molar-refractivity contribution in [3.63, 3.8) is 0 Å². The van der Waals surface area contributed by atoms with Gasteiger partial charge in [0.15, 0.2) is 0 Å². The Morgan fingerprint density at radius 3 is 2.80 bits per heavy atom. The van der Waals surface area contributed by atoms with Crippen molar-refractivity contribution in [1.82, 2.24) is 0 Å². The van der Waals surface area contributed by atoms with Crippen LogP contribution in [0.1, 0.15) is 23.1 Å². The minimum absolute atomic E-state index is 0.0544. The summed E-state index contributed by atoms with van der Waals surface area (Å²) in [5.74, 6) is 1.17. The summed E-state index contributed by atoms with van der Waals surface area (Å²) >= 11 is 0. The average molecular weight is 208 g/mol. The maximum Gasteiger partial charge on any atom is 0.126 e. The minimum Gasteiger partial charge on any atom is -0.508 e. The Bertz CT molecular complexity index is 385. The molecule has 0 fully saturated rings. The molecule has 1 aromatic carbocycles. The van der Waals surface area contributed by atoms with Gasteiger partial charge in [0.25, 0.3) is 0 Å². The molecule has 3 heteroatoms. The van der Waals surface area contributed by atoms with E-state index in [1.165, 1.54) is 0 Å². The summed E-state index contributed by atoms with van der Waals surface area (Å²) in [7, 11) is 0. The van der Waals surface area contributed by atoms with Crippen LogP contribution in [0, 0.1) is 13.8 Å². The third-order valence-corrected chi connectivity index (χ3v) is 3.11. The van der Waals surface area contributed by atoms with Gasteiger partial charge in [0, 0.05) is 0 Å². The number of rotatable bonds is 1. The molecular formula is C12H16O3. The molecule has 2 rings (SSSR count). The Morgan fingerprint density at radius 2 is 2.13 bits per heavy atom. The fourth-order valence-electron chi connectivity index (χ4n) is 1.96. The van der Waals surface area contributed by atoms with Gasteiger partial charge in [0.2, 0.25) is 0 Å². The zero-order valence-corrected chi connectivity index (χ0v) is 9.08. The van der Waals surface area contributed by atoms with Crippen LogP contribution in [0.15, 0.2) is 6.07 Å². The van der Waals surface area contributed by atoms with Gasteiger partial charge in [0.05, 0.1) is 6.61 Å². The molecule has 0 bridgehead atoms. The molecule has 0 radical (unpaired) electrons. The first kappa shape index (κ1) is 10.3. The Labute approximate surface area is 89.3 Å². The number of fused-ring (bicyclic) bond motifs is 1. The Hall–Kier alpha value is -1.22. The summed E-state index contributed by atoms with van der Waals surface area (Å²) in [5, 5.41) is 18.7. The molecule has 82 valence electrons. The SMILES string of the molecule is Cc1c(O)cc2c(c1C)OC(CO)CC2. The molecule has 0 aromatic heterocycles. The lowest BCUT2D eigenvalue weighted by molar-refractivity contribution is 0.0968. The van der Waals surface area contributed by atoms with Gasteiger partial charge in [-0.05, 0) is 49.4 Å². The Balaban J connectivity index is 2.45. The monoisotopic (exact) mass is 208 g/mol. The van der Waals surface area contributed by atoms with Crippen molar-refractivity contribution in [1.29, 1.82) is 0 Å². The van der Waals surface area contributed by atoms with E-state index in [0.29, 0.717) is 5.75 Å². The van der Waals surface area contributed by atoms with Crippen LogP contribution in [0.25, 0.3) is 0 Å². The van der Waals surface area contributed by atoms with Crippen LogP contribution >= 0.6 is 0 Å². The summed E-state index contributed by atoms with van der Waals surface area (Å²) in [5.41, 5.74) is 2.87. The third kappa shape index (κ3) is 1.67. The number of benzene rings is 1. The molecule has 1 unspecified atom stereocenters. The highest BCUT2D eigenvalue weighted by atomic mass is 16.5. The summed E-state index contributed by atoms with van der Waals surface area (Å²) in [4.78, 5) is 0. The Kier molecular flexibility index (Phi) is 2.57. The van der Waals surface area contributed by atoms with Crippen molar-refractivity contribution in [3.8, 4) is 11.5 Å². The van der Waals surface area contributed by atoms with E-state index >= 15 is 0 Å². The van der Waals surface area contributed by atoms with E-state index < -0.39 is 0 Å². The molecular weight excluding hydrogens is 192 g/mol. The molecule has 0 saturated carbocycles. The maximum atomic E-state index is 9.67. The van der Waals surface area contributed by atoms with Gasteiger partial charge in [-0.15, -0.1) is 0 Å². The summed E-state index contributed by atoms with van der Waals surface area (Å²) in [6, 6.07) is 1.77. The fourth-order valence-corrected chi connectivity index (χ4v) is 1.96. The quantitative estimate of drug-likeness (QED) is 0.738. The normalized spacial score (nSPS) is 19.5. The van der Waals surface area contributed by atoms with E-state index in [1.54, 1.807) is 6.07 Å². The first-order valence-corrected chi connectivity index (χ1v) is 5.23. The third-order valence-electron chi connectivity index (χ3n) is 3.11. The van der Waals surface area contributed by atoms with Crippen LogP contribution in [-0.4, -0.2) is 22.9 Å². The molecule has 0 aliphatic carbocycles. The first-order valence-electron chi connectivity index (χ1n) is 5.23. The molecule has 1 aliphatic rings. The molecule has 1 aromatic rings. The van der Waals surface area contributed by atoms with Crippen LogP contribution < -0.4 is 4.74 Å². The van der Waals surface area contributed by atoms with E-state index in [9.17, 15) is 5.11 Å². The molecule has 0 saturated heterocycles. The topological polar surface area (TPSA) is 49.7 Å². The summed E-state index contributed by atoms with van der Waals surface area (Å²) in [6.45, 7) is 3.86. The van der Waals surface area contributed by atoms with E-state index in [-0.39, 0.29) is 12.7 Å². The van der Waals surface area contributed by atoms with E-state index in [0.717, 1.165) is 35.3 Å². The van der Waals surface area contributed by atoms with Gasteiger partial charge in [-0.25, -0.2) is 0 Å². The zero-order valence-electron chi connectivity index (χ0n) is 9.08. The molecule has 2 N–H and O–H groups in total. The lowest BCUT2D eigenvalue weighted by Crippen LogP contribution is -2.26. The summed E-state index contributed by atoms with van der Waals surface area (Å²) < 4.78 is 5.69. The standard InChI is InChI=1S/C12H16O3/c1-7-8(2)12-9(5-11(7)14)3-4-10(6-13)15-12/h5,10,13-14H,3-4,6H2,1-2H3. The van der Waals surface area contributed by atoms with Crippen molar-refractivity contribution in [3.05, 3.63) is 22.8 Å². The molecule has 1 atom stereocenters. The van der Waals surface area contributed by atoms with Gasteiger partial charge < -0.3 is 14.9 Å². The lowest BCUT2D eigenvalue weighted by Gasteiger charge is -2.27. The van der Waals surface area contributed by atoms with E-state index in [2.05, 4.69) is 0 Å². The Morgan fingerprint density at radius 1 is 1.40 bits per heavy atom. The van der Waals surface area contributed by atoms with E-state index in [4.69, 9.17) is 9.84 Å². The van der Waals surface area contributed by atoms with E-state index in [1.807, 2.05) is 13.8 Å².